The smallest absolute Gasteiger partial charge is 0.418 e. The molecule has 3 heterocycles. The number of aliphatic imine (C=N–C) groups is 1. The number of alkyl halides is 3. The van der Waals surface area contributed by atoms with Crippen LogP contribution in [0.15, 0.2) is 47.8 Å². The molecule has 0 saturated carbocycles. The predicted octanol–water partition coefficient (Wildman–Crippen LogP) is 3.85. The summed E-state index contributed by atoms with van der Waals surface area (Å²) in [4.78, 5) is 40.8. The fourth-order valence-electron chi connectivity index (χ4n) is 3.73. The Hall–Kier alpha value is -4.53. The lowest BCUT2D eigenvalue weighted by molar-refractivity contribution is -0.137. The minimum atomic E-state index is -4.85. The lowest BCUT2D eigenvalue weighted by Gasteiger charge is -2.21. The van der Waals surface area contributed by atoms with E-state index in [9.17, 15) is 31.5 Å². The second kappa shape index (κ2) is 11.7. The van der Waals surface area contributed by atoms with Crippen LogP contribution in [0.2, 0.25) is 0 Å². The zero-order valence-corrected chi connectivity index (χ0v) is 20.8. The summed E-state index contributed by atoms with van der Waals surface area (Å²) in [6.45, 7) is -0.229. The Balaban J connectivity index is 1.43. The average molecular weight is 564 g/mol. The van der Waals surface area contributed by atoms with Crippen LogP contribution in [-0.4, -0.2) is 53.3 Å². The molecule has 0 bridgehead atoms. The number of carbonyl (C=O) groups is 2. The van der Waals surface area contributed by atoms with Crippen molar-refractivity contribution in [1.29, 1.82) is 0 Å². The minimum absolute atomic E-state index is 0.0618. The van der Waals surface area contributed by atoms with E-state index < -0.39 is 46.3 Å². The number of hydrogen-bond donors (Lipinski definition) is 2. The number of nitrogens with one attached hydrogen (secondary N) is 2. The molecule has 0 radical (unpaired) electrons. The maximum Gasteiger partial charge on any atom is 0.418 e. The van der Waals surface area contributed by atoms with Gasteiger partial charge in [-0.15, -0.1) is 0 Å². The van der Waals surface area contributed by atoms with Gasteiger partial charge in [-0.1, -0.05) is 0 Å². The molecule has 1 aliphatic heterocycles. The molecular weight excluding hydrogens is 543 g/mol. The average Bonchev–Trinajstić information content (AvgIpc) is 3.42. The van der Waals surface area contributed by atoms with E-state index in [-0.39, 0.29) is 49.1 Å². The molecule has 0 aliphatic carbocycles. The number of carbonyl (C=O) groups excluding carboxylic acids is 2. The summed E-state index contributed by atoms with van der Waals surface area (Å²) < 4.78 is 77.9. The van der Waals surface area contributed by atoms with Crippen molar-refractivity contribution in [2.45, 2.75) is 19.1 Å². The molecule has 1 saturated heterocycles. The number of aromatic nitrogens is 3. The molecular formula is C25H21F5N6O4. The fourth-order valence-corrected chi connectivity index (χ4v) is 3.73. The molecule has 1 fully saturated rings. The highest BCUT2D eigenvalue weighted by Crippen LogP contribution is 2.36. The molecule has 1 aromatic carbocycles. The quantitative estimate of drug-likeness (QED) is 0.312. The van der Waals surface area contributed by atoms with E-state index in [0.717, 1.165) is 24.4 Å². The van der Waals surface area contributed by atoms with Crippen molar-refractivity contribution in [2.75, 3.05) is 25.6 Å². The largest absolute Gasteiger partial charge is 0.467 e. The van der Waals surface area contributed by atoms with Gasteiger partial charge in [-0.2, -0.15) is 13.2 Å². The summed E-state index contributed by atoms with van der Waals surface area (Å²) in [7, 11) is 1.37. The molecule has 2 N–H and O–H groups in total. The van der Waals surface area contributed by atoms with E-state index in [1.54, 1.807) is 0 Å². The number of nitrogens with zero attached hydrogens (tertiary/aromatic N) is 4. The third-order valence-electron chi connectivity index (χ3n) is 5.89. The zero-order valence-electron chi connectivity index (χ0n) is 20.8. The highest BCUT2D eigenvalue weighted by Gasteiger charge is 2.41. The summed E-state index contributed by atoms with van der Waals surface area (Å²) in [6, 6.07) is 2.98. The SMILES string of the molecule is COc1ncc(C(=O)N=C[C@@]2(C(=O)NCc3ncc(Nc4ccc(F)cc4C(F)(F)F)cc3F)CCOC2)cn1. The lowest BCUT2D eigenvalue weighted by Crippen LogP contribution is -2.43. The Morgan fingerprint density at radius 1 is 1.15 bits per heavy atom. The third-order valence-corrected chi connectivity index (χ3v) is 5.89. The molecule has 1 atom stereocenters. The number of anilines is 2. The Bertz CT molecular complexity index is 1430. The third kappa shape index (κ3) is 6.54. The fraction of sp³-hybridized carbons (Fsp3) is 0.280. The number of ether oxygens (including phenoxy) is 2. The van der Waals surface area contributed by atoms with Crippen molar-refractivity contribution in [3.8, 4) is 6.01 Å². The number of methoxy groups -OCH3 is 1. The van der Waals surface area contributed by atoms with Gasteiger partial charge in [0.1, 0.15) is 17.0 Å². The van der Waals surface area contributed by atoms with Crippen LogP contribution in [0.4, 0.5) is 33.3 Å². The second-order valence-electron chi connectivity index (χ2n) is 8.63. The van der Waals surface area contributed by atoms with Gasteiger partial charge in [0.05, 0.1) is 54.7 Å². The number of rotatable bonds is 8. The summed E-state index contributed by atoms with van der Waals surface area (Å²) in [5.74, 6) is -3.30. The predicted molar refractivity (Wildman–Crippen MR) is 130 cm³/mol. The van der Waals surface area contributed by atoms with Crippen LogP contribution in [0.5, 0.6) is 6.01 Å². The molecule has 0 unspecified atom stereocenters. The maximum atomic E-state index is 14.7. The van der Waals surface area contributed by atoms with E-state index in [0.29, 0.717) is 6.07 Å². The van der Waals surface area contributed by atoms with Gasteiger partial charge in [-0.25, -0.2) is 23.7 Å². The van der Waals surface area contributed by atoms with Gasteiger partial charge in [-0.05, 0) is 24.6 Å². The van der Waals surface area contributed by atoms with Crippen molar-refractivity contribution in [1.82, 2.24) is 20.3 Å². The zero-order chi connectivity index (χ0) is 28.9. The van der Waals surface area contributed by atoms with Gasteiger partial charge >= 0.3 is 12.2 Å². The first-order chi connectivity index (χ1) is 19.0. The van der Waals surface area contributed by atoms with Crippen LogP contribution in [0.1, 0.15) is 28.0 Å². The normalized spacial score (nSPS) is 17.1. The van der Waals surface area contributed by atoms with Crippen molar-refractivity contribution in [2.24, 2.45) is 10.4 Å². The van der Waals surface area contributed by atoms with E-state index in [1.807, 2.05) is 0 Å². The second-order valence-corrected chi connectivity index (χ2v) is 8.63. The summed E-state index contributed by atoms with van der Waals surface area (Å²) in [6.07, 6.45) is 0.0233. The standard InChI is InChI=1S/C25H21F5N6O4/c1-39-23-33-8-14(9-34-23)21(37)35-12-24(4-5-40-13-24)22(38)32-11-20-18(27)7-16(10-31-20)36-19-3-2-15(26)6-17(19)25(28,29)30/h2-3,6-10,12,36H,4-5,11,13H2,1H3,(H,32,38)/t24-/m0/s1. The van der Waals surface area contributed by atoms with Gasteiger partial charge in [0.15, 0.2) is 0 Å². The molecule has 15 heteroatoms. The number of amides is 2. The number of pyridine rings is 1. The molecule has 0 spiro atoms. The van der Waals surface area contributed by atoms with E-state index in [1.165, 1.54) is 25.7 Å². The first-order valence-electron chi connectivity index (χ1n) is 11.6. The maximum absolute atomic E-state index is 14.7. The molecule has 2 aromatic heterocycles. The lowest BCUT2D eigenvalue weighted by atomic mass is 9.87. The van der Waals surface area contributed by atoms with Crippen LogP contribution in [-0.2, 0) is 22.3 Å². The highest BCUT2D eigenvalue weighted by molar-refractivity contribution is 6.05. The van der Waals surface area contributed by atoms with Gasteiger partial charge in [0.2, 0.25) is 5.91 Å². The van der Waals surface area contributed by atoms with E-state index in [4.69, 9.17) is 9.47 Å². The Morgan fingerprint density at radius 3 is 2.52 bits per heavy atom. The van der Waals surface area contributed by atoms with E-state index >= 15 is 0 Å². The van der Waals surface area contributed by atoms with Gasteiger partial charge in [-0.3, -0.25) is 14.6 Å². The Labute approximate surface area is 223 Å². The van der Waals surface area contributed by atoms with Crippen LogP contribution >= 0.6 is 0 Å². The summed E-state index contributed by atoms with van der Waals surface area (Å²) >= 11 is 0. The van der Waals surface area contributed by atoms with Crippen LogP contribution in [0.3, 0.4) is 0 Å². The first kappa shape index (κ1) is 28.5. The monoisotopic (exact) mass is 564 g/mol. The first-order valence-corrected chi connectivity index (χ1v) is 11.6. The Morgan fingerprint density at radius 2 is 1.90 bits per heavy atom. The summed E-state index contributed by atoms with van der Waals surface area (Å²) in [5, 5.41) is 4.91. The van der Waals surface area contributed by atoms with Gasteiger partial charge in [0.25, 0.3) is 5.91 Å². The minimum Gasteiger partial charge on any atom is -0.467 e. The van der Waals surface area contributed by atoms with Gasteiger partial charge in [0, 0.05) is 31.3 Å². The molecule has 40 heavy (non-hydrogen) atoms. The number of hydrogen-bond acceptors (Lipinski definition) is 8. The highest BCUT2D eigenvalue weighted by atomic mass is 19.4. The van der Waals surface area contributed by atoms with Crippen molar-refractivity contribution < 1.29 is 41.0 Å². The van der Waals surface area contributed by atoms with Crippen LogP contribution in [0.25, 0.3) is 0 Å². The molecule has 210 valence electrons. The van der Waals surface area contributed by atoms with Crippen LogP contribution < -0.4 is 15.4 Å². The van der Waals surface area contributed by atoms with Crippen molar-refractivity contribution in [3.05, 3.63) is 71.3 Å². The number of halogens is 5. The van der Waals surface area contributed by atoms with E-state index in [2.05, 4.69) is 30.6 Å². The topological polar surface area (TPSA) is 128 Å². The number of benzene rings is 1. The summed E-state index contributed by atoms with van der Waals surface area (Å²) in [5.41, 5.74) is -3.33. The van der Waals surface area contributed by atoms with Crippen LogP contribution in [0, 0.1) is 17.0 Å². The molecule has 2 amide bonds. The molecule has 1 aliphatic rings. The molecule has 4 rings (SSSR count). The molecule has 3 aromatic rings. The van der Waals surface area contributed by atoms with Crippen molar-refractivity contribution in [3.63, 3.8) is 0 Å². The Kier molecular flexibility index (Phi) is 8.32. The van der Waals surface area contributed by atoms with Crippen molar-refractivity contribution >= 4 is 29.4 Å². The van der Waals surface area contributed by atoms with Gasteiger partial charge < -0.3 is 20.1 Å². The molecule has 10 nitrogen and oxygen atoms in total.